The summed E-state index contributed by atoms with van der Waals surface area (Å²) in [7, 11) is 3.19. The Bertz CT molecular complexity index is 929. The molecule has 0 aromatic heterocycles. The zero-order valence-electron chi connectivity index (χ0n) is 16.7. The van der Waals surface area contributed by atoms with Crippen LogP contribution in [0.3, 0.4) is 0 Å². The number of thioether (sulfide) groups is 1. The van der Waals surface area contributed by atoms with E-state index >= 15 is 0 Å². The molecule has 1 unspecified atom stereocenters. The number of amides is 2. The third kappa shape index (κ3) is 5.19. The summed E-state index contributed by atoms with van der Waals surface area (Å²) < 4.78 is 10.3. The molecule has 0 radical (unpaired) electrons. The minimum absolute atomic E-state index is 0.145. The van der Waals surface area contributed by atoms with E-state index in [9.17, 15) is 9.59 Å². The van der Waals surface area contributed by atoms with E-state index in [0.29, 0.717) is 18.1 Å². The summed E-state index contributed by atoms with van der Waals surface area (Å²) >= 11 is 1.31. The smallest absolute Gasteiger partial charge is 0.265 e. The Morgan fingerprint density at radius 3 is 2.76 bits per heavy atom. The summed E-state index contributed by atoms with van der Waals surface area (Å²) in [5.41, 5.74) is 1.77. The second-order valence-corrected chi connectivity index (χ2v) is 7.77. The molecule has 0 bridgehead atoms. The molecule has 2 aromatic rings. The zero-order valence-corrected chi connectivity index (χ0v) is 17.5. The van der Waals surface area contributed by atoms with Crippen LogP contribution in [0, 0.1) is 0 Å². The van der Waals surface area contributed by atoms with Crippen LogP contribution in [0.2, 0.25) is 0 Å². The van der Waals surface area contributed by atoms with Crippen LogP contribution in [0.4, 0.5) is 5.69 Å². The fourth-order valence-electron chi connectivity index (χ4n) is 3.07. The van der Waals surface area contributed by atoms with Crippen molar-refractivity contribution in [3.05, 3.63) is 65.1 Å². The number of hydrogen-bond donors (Lipinski definition) is 1. The molecule has 0 saturated carbocycles. The Balaban J connectivity index is 1.88. The van der Waals surface area contributed by atoms with Gasteiger partial charge < -0.3 is 19.7 Å². The maximum absolute atomic E-state index is 13.2. The van der Waals surface area contributed by atoms with E-state index in [1.54, 1.807) is 19.1 Å². The minimum Gasteiger partial charge on any atom is -0.497 e. The Labute approximate surface area is 174 Å². The number of hydrogen-bond acceptors (Lipinski definition) is 5. The average molecular weight is 413 g/mol. The molecule has 0 saturated heterocycles. The van der Waals surface area contributed by atoms with Crippen molar-refractivity contribution in [2.45, 2.75) is 24.4 Å². The Hall–Kier alpha value is -2.77. The maximum Gasteiger partial charge on any atom is 0.265 e. The van der Waals surface area contributed by atoms with Gasteiger partial charge in [0.15, 0.2) is 0 Å². The molecule has 152 valence electrons. The first kappa shape index (κ1) is 21.0. The molecular formula is C22H24N2O4S. The molecule has 1 atom stereocenters. The number of para-hydroxylation sites is 1. The van der Waals surface area contributed by atoms with Crippen LogP contribution >= 0.6 is 11.8 Å². The maximum atomic E-state index is 13.2. The molecule has 2 amide bonds. The van der Waals surface area contributed by atoms with Crippen LogP contribution in [0.1, 0.15) is 12.5 Å². The second kappa shape index (κ2) is 9.62. The molecule has 6 nitrogen and oxygen atoms in total. The number of nitrogens with one attached hydrogen (secondary N) is 1. The van der Waals surface area contributed by atoms with Crippen molar-refractivity contribution in [3.63, 3.8) is 0 Å². The lowest BCUT2D eigenvalue weighted by Crippen LogP contribution is -2.37. The summed E-state index contributed by atoms with van der Waals surface area (Å²) in [6.07, 6.45) is 1.37. The lowest BCUT2D eigenvalue weighted by atomic mass is 10.1. The molecule has 1 heterocycles. The lowest BCUT2D eigenvalue weighted by molar-refractivity contribution is -0.118. The predicted molar refractivity (Wildman–Crippen MR) is 114 cm³/mol. The average Bonchev–Trinajstić information content (AvgIpc) is 2.71. The lowest BCUT2D eigenvalue weighted by Gasteiger charge is -2.30. The van der Waals surface area contributed by atoms with Crippen LogP contribution in [0.25, 0.3) is 0 Å². The predicted octanol–water partition coefficient (Wildman–Crippen LogP) is 3.37. The van der Waals surface area contributed by atoms with Gasteiger partial charge in [0, 0.05) is 24.1 Å². The van der Waals surface area contributed by atoms with Crippen molar-refractivity contribution < 1.29 is 19.1 Å². The Morgan fingerprint density at radius 1 is 1.21 bits per heavy atom. The Kier molecular flexibility index (Phi) is 6.95. The number of nitrogens with zero attached hydrogens (tertiary/aromatic N) is 1. The van der Waals surface area contributed by atoms with Gasteiger partial charge in [-0.3, -0.25) is 9.59 Å². The van der Waals surface area contributed by atoms with Gasteiger partial charge in [-0.2, -0.15) is 0 Å². The van der Waals surface area contributed by atoms with Crippen LogP contribution in [-0.4, -0.2) is 38.7 Å². The second-order valence-electron chi connectivity index (χ2n) is 6.69. The highest BCUT2D eigenvalue weighted by atomic mass is 32.2. The topological polar surface area (TPSA) is 67.9 Å². The van der Waals surface area contributed by atoms with Crippen molar-refractivity contribution in [3.8, 4) is 5.75 Å². The zero-order chi connectivity index (χ0) is 20.8. The Morgan fingerprint density at radius 2 is 2.00 bits per heavy atom. The third-order valence-corrected chi connectivity index (χ3v) is 5.45. The van der Waals surface area contributed by atoms with E-state index in [4.69, 9.17) is 9.47 Å². The van der Waals surface area contributed by atoms with E-state index in [2.05, 4.69) is 5.32 Å². The molecule has 1 aliphatic rings. The summed E-state index contributed by atoms with van der Waals surface area (Å²) in [6, 6.07) is 15.1. The number of anilines is 1. The summed E-state index contributed by atoms with van der Waals surface area (Å²) in [4.78, 5) is 28.6. The van der Waals surface area contributed by atoms with Gasteiger partial charge in [0.25, 0.3) is 5.91 Å². The first-order valence-corrected chi connectivity index (χ1v) is 10.1. The highest BCUT2D eigenvalue weighted by Gasteiger charge is 2.29. The first-order chi connectivity index (χ1) is 14.0. The van der Waals surface area contributed by atoms with E-state index < -0.39 is 0 Å². The van der Waals surface area contributed by atoms with E-state index in [0.717, 1.165) is 21.9 Å². The molecule has 2 aromatic carbocycles. The van der Waals surface area contributed by atoms with Crippen molar-refractivity contribution >= 4 is 29.3 Å². The highest BCUT2D eigenvalue weighted by molar-refractivity contribution is 8.04. The summed E-state index contributed by atoms with van der Waals surface area (Å²) in [6.45, 7) is 2.63. The van der Waals surface area contributed by atoms with Crippen LogP contribution < -0.4 is 15.0 Å². The van der Waals surface area contributed by atoms with Gasteiger partial charge in [0.05, 0.1) is 30.9 Å². The van der Waals surface area contributed by atoms with Gasteiger partial charge in [0.2, 0.25) is 5.91 Å². The summed E-state index contributed by atoms with van der Waals surface area (Å²) in [5, 5.41) is 2.81. The molecule has 3 rings (SSSR count). The molecule has 0 aliphatic carbocycles. The normalized spacial score (nSPS) is 15.8. The van der Waals surface area contributed by atoms with E-state index in [1.807, 2.05) is 55.5 Å². The fourth-order valence-corrected chi connectivity index (χ4v) is 4.10. The van der Waals surface area contributed by atoms with Gasteiger partial charge in [-0.15, -0.1) is 0 Å². The number of fused-ring (bicyclic) bond motifs is 1. The minimum atomic E-state index is -0.314. The van der Waals surface area contributed by atoms with Crippen LogP contribution in [-0.2, 0) is 20.9 Å². The summed E-state index contributed by atoms with van der Waals surface area (Å²) in [5.74, 6) is 0.217. The van der Waals surface area contributed by atoms with Crippen LogP contribution in [0.15, 0.2) is 64.4 Å². The van der Waals surface area contributed by atoms with Crippen molar-refractivity contribution in [1.82, 2.24) is 5.32 Å². The standard InChI is InChI=1S/C22H24N2O4S/c1-15(14-27-2)23-21(25)12-20-22(26)24(18-9-4-5-10-19(18)29-20)13-16-7-6-8-17(11-16)28-3/h4-12,15H,13-14H2,1-3H3,(H,23,25). The van der Waals surface area contributed by atoms with Crippen LogP contribution in [0.5, 0.6) is 5.75 Å². The van der Waals surface area contributed by atoms with Gasteiger partial charge in [-0.1, -0.05) is 36.0 Å². The van der Waals surface area contributed by atoms with Gasteiger partial charge in [-0.05, 0) is 36.8 Å². The number of benzene rings is 2. The number of carbonyl (C=O) groups excluding carboxylic acids is 2. The molecule has 1 N–H and O–H groups in total. The highest BCUT2D eigenvalue weighted by Crippen LogP contribution is 2.41. The van der Waals surface area contributed by atoms with Crippen molar-refractivity contribution in [2.24, 2.45) is 0 Å². The van der Waals surface area contributed by atoms with Crippen molar-refractivity contribution in [1.29, 1.82) is 0 Å². The number of ether oxygens (including phenoxy) is 2. The van der Waals surface area contributed by atoms with E-state index in [-0.39, 0.29) is 17.9 Å². The fraction of sp³-hybridized carbons (Fsp3) is 0.273. The van der Waals surface area contributed by atoms with Gasteiger partial charge >= 0.3 is 0 Å². The largest absolute Gasteiger partial charge is 0.497 e. The van der Waals surface area contributed by atoms with Gasteiger partial charge in [0.1, 0.15) is 5.75 Å². The molecule has 0 fully saturated rings. The molecular weight excluding hydrogens is 388 g/mol. The SMILES string of the molecule is COCC(C)NC(=O)C=C1Sc2ccccc2N(Cc2cccc(OC)c2)C1=O. The van der Waals surface area contributed by atoms with Gasteiger partial charge in [-0.25, -0.2) is 0 Å². The van der Waals surface area contributed by atoms with Crippen molar-refractivity contribution in [2.75, 3.05) is 25.7 Å². The molecule has 7 heteroatoms. The third-order valence-electron chi connectivity index (χ3n) is 4.37. The quantitative estimate of drug-likeness (QED) is 0.707. The monoisotopic (exact) mass is 412 g/mol. The first-order valence-electron chi connectivity index (χ1n) is 9.24. The number of carbonyl (C=O) groups is 2. The van der Waals surface area contributed by atoms with E-state index in [1.165, 1.54) is 17.8 Å². The molecule has 1 aliphatic heterocycles. The number of rotatable bonds is 7. The molecule has 29 heavy (non-hydrogen) atoms. The number of methoxy groups -OCH3 is 2. The molecule has 0 spiro atoms.